The Morgan fingerprint density at radius 3 is 2.58 bits per heavy atom. The molecule has 0 spiro atoms. The molecule has 1 aliphatic rings. The van der Waals surface area contributed by atoms with Crippen molar-refractivity contribution >= 4 is 5.91 Å². The summed E-state index contributed by atoms with van der Waals surface area (Å²) >= 11 is 0. The Morgan fingerprint density at radius 1 is 1.23 bits per heavy atom. The number of H-pyrrole nitrogens is 1. The Morgan fingerprint density at radius 2 is 1.96 bits per heavy atom. The maximum atomic E-state index is 12.8. The molecule has 0 radical (unpaired) electrons. The number of amides is 1. The lowest BCUT2D eigenvalue weighted by molar-refractivity contribution is -0.137. The van der Waals surface area contributed by atoms with Crippen molar-refractivity contribution in [3.63, 3.8) is 0 Å². The first-order valence-electron chi connectivity index (χ1n) is 8.68. The Balaban J connectivity index is 1.56. The first-order chi connectivity index (χ1) is 12.4. The summed E-state index contributed by atoms with van der Waals surface area (Å²) in [6.07, 6.45) is -2.58. The number of halogens is 3. The number of aromatic amines is 1. The quantitative estimate of drug-likeness (QED) is 0.878. The van der Waals surface area contributed by atoms with Gasteiger partial charge in [-0.2, -0.15) is 13.2 Å². The molecule has 26 heavy (non-hydrogen) atoms. The minimum atomic E-state index is -4.39. The number of aryl methyl sites for hydroxylation is 1. The van der Waals surface area contributed by atoms with Crippen molar-refractivity contribution in [1.82, 2.24) is 9.88 Å². The number of likely N-dealkylation sites (tertiary alicyclic amines) is 1. The third-order valence-electron chi connectivity index (χ3n) is 4.55. The maximum Gasteiger partial charge on any atom is 0.416 e. The number of benzene rings is 1. The summed E-state index contributed by atoms with van der Waals surface area (Å²) in [5, 5.41) is 0. The monoisotopic (exact) mass is 366 g/mol. The van der Waals surface area contributed by atoms with Crippen LogP contribution in [0.4, 0.5) is 13.2 Å². The molecule has 4 nitrogen and oxygen atoms in total. The predicted octanol–water partition coefficient (Wildman–Crippen LogP) is 4.28. The van der Waals surface area contributed by atoms with Gasteiger partial charge in [-0.3, -0.25) is 4.79 Å². The predicted molar refractivity (Wildman–Crippen MR) is 91.2 cm³/mol. The summed E-state index contributed by atoms with van der Waals surface area (Å²) in [6, 6.07) is 8.59. The molecule has 1 aromatic heterocycles. The zero-order chi connectivity index (χ0) is 18.7. The van der Waals surface area contributed by atoms with Crippen LogP contribution in [-0.2, 0) is 12.6 Å². The van der Waals surface area contributed by atoms with Crippen molar-refractivity contribution in [3.8, 4) is 5.75 Å². The van der Waals surface area contributed by atoms with Gasteiger partial charge in [-0.15, -0.1) is 0 Å². The fourth-order valence-electron chi connectivity index (χ4n) is 3.06. The van der Waals surface area contributed by atoms with Gasteiger partial charge in [0.2, 0.25) is 0 Å². The number of nitrogens with one attached hydrogen (secondary N) is 1. The largest absolute Gasteiger partial charge is 0.490 e. The fourth-order valence-corrected chi connectivity index (χ4v) is 3.06. The van der Waals surface area contributed by atoms with E-state index in [9.17, 15) is 18.0 Å². The second kappa shape index (κ2) is 7.43. The summed E-state index contributed by atoms with van der Waals surface area (Å²) in [5.74, 6) is 0.156. The second-order valence-electron chi connectivity index (χ2n) is 6.39. The van der Waals surface area contributed by atoms with Crippen LogP contribution in [0.3, 0.4) is 0 Å². The van der Waals surface area contributed by atoms with E-state index < -0.39 is 11.7 Å². The Bertz CT molecular complexity index is 762. The molecule has 2 heterocycles. The molecule has 1 amide bonds. The van der Waals surface area contributed by atoms with Gasteiger partial charge in [0.15, 0.2) is 0 Å². The lowest BCUT2D eigenvalue weighted by atomic mass is 10.1. The summed E-state index contributed by atoms with van der Waals surface area (Å²) in [7, 11) is 0. The molecule has 1 N–H and O–H groups in total. The van der Waals surface area contributed by atoms with E-state index in [2.05, 4.69) is 4.98 Å². The van der Waals surface area contributed by atoms with Crippen LogP contribution in [0.25, 0.3) is 0 Å². The van der Waals surface area contributed by atoms with Gasteiger partial charge in [0.25, 0.3) is 5.91 Å². The van der Waals surface area contributed by atoms with Gasteiger partial charge in [-0.1, -0.05) is 13.0 Å². The van der Waals surface area contributed by atoms with Crippen LogP contribution in [0.5, 0.6) is 5.75 Å². The van der Waals surface area contributed by atoms with Crippen molar-refractivity contribution < 1.29 is 22.7 Å². The summed E-state index contributed by atoms with van der Waals surface area (Å²) in [6.45, 7) is 3.04. The first kappa shape index (κ1) is 18.4. The number of ether oxygens (including phenoxy) is 1. The molecule has 0 bridgehead atoms. The molecule has 0 saturated carbocycles. The van der Waals surface area contributed by atoms with Gasteiger partial charge in [0.1, 0.15) is 17.5 Å². The molecule has 1 saturated heterocycles. The van der Waals surface area contributed by atoms with E-state index in [0.29, 0.717) is 31.6 Å². The summed E-state index contributed by atoms with van der Waals surface area (Å²) in [5.41, 5.74) is 0.858. The molecule has 0 unspecified atom stereocenters. The number of hydrogen-bond donors (Lipinski definition) is 1. The van der Waals surface area contributed by atoms with Crippen molar-refractivity contribution in [2.45, 2.75) is 38.5 Å². The molecule has 1 aliphatic heterocycles. The van der Waals surface area contributed by atoms with E-state index in [1.54, 1.807) is 11.0 Å². The number of nitrogens with zero attached hydrogens (tertiary/aromatic N) is 1. The van der Waals surface area contributed by atoms with E-state index in [4.69, 9.17) is 4.74 Å². The van der Waals surface area contributed by atoms with E-state index >= 15 is 0 Å². The van der Waals surface area contributed by atoms with Crippen molar-refractivity contribution in [2.75, 3.05) is 13.1 Å². The average molecular weight is 366 g/mol. The zero-order valence-electron chi connectivity index (χ0n) is 14.5. The molecule has 7 heteroatoms. The highest BCUT2D eigenvalue weighted by molar-refractivity contribution is 5.92. The minimum Gasteiger partial charge on any atom is -0.490 e. The van der Waals surface area contributed by atoms with E-state index in [1.165, 1.54) is 12.1 Å². The lowest BCUT2D eigenvalue weighted by Crippen LogP contribution is -2.41. The topological polar surface area (TPSA) is 45.3 Å². The van der Waals surface area contributed by atoms with Crippen LogP contribution in [0, 0.1) is 0 Å². The number of alkyl halides is 3. The van der Waals surface area contributed by atoms with Gasteiger partial charge in [0, 0.05) is 31.6 Å². The summed E-state index contributed by atoms with van der Waals surface area (Å²) < 4.78 is 44.0. The molecule has 1 aromatic carbocycles. The molecule has 140 valence electrons. The first-order valence-corrected chi connectivity index (χ1v) is 8.68. The Labute approximate surface area is 150 Å². The smallest absolute Gasteiger partial charge is 0.416 e. The molecular formula is C19H21F3N2O2. The Kier molecular flexibility index (Phi) is 5.25. The standard InChI is InChI=1S/C19H21F3N2O2/c1-2-14-6-7-17(23-14)18(25)24-10-8-15(9-11-24)26-16-5-3-4-13(12-16)19(20,21)22/h3-7,12,15,23H,2,8-11H2,1H3. The molecule has 3 rings (SSSR count). The average Bonchev–Trinajstić information content (AvgIpc) is 3.10. The number of piperidine rings is 1. The maximum absolute atomic E-state index is 12.8. The number of carbonyl (C=O) groups is 1. The highest BCUT2D eigenvalue weighted by Gasteiger charge is 2.31. The van der Waals surface area contributed by atoms with Gasteiger partial charge in [-0.05, 0) is 36.8 Å². The van der Waals surface area contributed by atoms with Crippen molar-refractivity contribution in [2.24, 2.45) is 0 Å². The van der Waals surface area contributed by atoms with Crippen LogP contribution in [0.2, 0.25) is 0 Å². The number of hydrogen-bond acceptors (Lipinski definition) is 2. The summed E-state index contributed by atoms with van der Waals surface area (Å²) in [4.78, 5) is 17.3. The molecular weight excluding hydrogens is 345 g/mol. The van der Waals surface area contributed by atoms with Crippen LogP contribution in [0.1, 0.15) is 41.5 Å². The lowest BCUT2D eigenvalue weighted by Gasteiger charge is -2.32. The van der Waals surface area contributed by atoms with Crippen LogP contribution >= 0.6 is 0 Å². The number of carbonyl (C=O) groups excluding carboxylic acids is 1. The van der Waals surface area contributed by atoms with Crippen LogP contribution < -0.4 is 4.74 Å². The highest BCUT2D eigenvalue weighted by atomic mass is 19.4. The Hall–Kier alpha value is -2.44. The molecule has 0 aliphatic carbocycles. The van der Waals surface area contributed by atoms with Gasteiger partial charge < -0.3 is 14.6 Å². The van der Waals surface area contributed by atoms with Crippen molar-refractivity contribution in [3.05, 3.63) is 53.3 Å². The number of rotatable bonds is 4. The molecule has 0 atom stereocenters. The van der Waals surface area contributed by atoms with Crippen molar-refractivity contribution in [1.29, 1.82) is 0 Å². The van der Waals surface area contributed by atoms with Crippen LogP contribution in [0.15, 0.2) is 36.4 Å². The SMILES string of the molecule is CCc1ccc(C(=O)N2CCC(Oc3cccc(C(F)(F)F)c3)CC2)[nH]1. The second-order valence-corrected chi connectivity index (χ2v) is 6.39. The fraction of sp³-hybridized carbons (Fsp3) is 0.421. The highest BCUT2D eigenvalue weighted by Crippen LogP contribution is 2.32. The molecule has 1 fully saturated rings. The van der Waals surface area contributed by atoms with E-state index in [-0.39, 0.29) is 17.8 Å². The van der Waals surface area contributed by atoms with E-state index in [1.807, 2.05) is 13.0 Å². The number of aromatic nitrogens is 1. The third-order valence-corrected chi connectivity index (χ3v) is 4.55. The normalized spacial score (nSPS) is 15.9. The van der Waals surface area contributed by atoms with Gasteiger partial charge in [-0.25, -0.2) is 0 Å². The van der Waals surface area contributed by atoms with Gasteiger partial charge in [0.05, 0.1) is 5.56 Å². The minimum absolute atomic E-state index is 0.0535. The molecule has 2 aromatic rings. The van der Waals surface area contributed by atoms with E-state index in [0.717, 1.165) is 24.2 Å². The van der Waals surface area contributed by atoms with Crippen LogP contribution in [-0.4, -0.2) is 35.0 Å². The van der Waals surface area contributed by atoms with Gasteiger partial charge >= 0.3 is 6.18 Å². The zero-order valence-corrected chi connectivity index (χ0v) is 14.5. The third kappa shape index (κ3) is 4.20.